The Morgan fingerprint density at radius 3 is 1.52 bits per heavy atom. The molecule has 65 heavy (non-hydrogen) atoms. The molecule has 2 fully saturated rings. The average Bonchev–Trinajstić information content (AvgIpc) is 4.00. The third-order valence-corrected chi connectivity index (χ3v) is 12.2. The highest BCUT2D eigenvalue weighted by molar-refractivity contribution is 5.98. The quantitative estimate of drug-likeness (QED) is 0.0814. The van der Waals surface area contributed by atoms with Crippen LogP contribution in [0.5, 0.6) is 0 Å². The monoisotopic (exact) mass is 898 g/mol. The number of halogens is 2. The second kappa shape index (κ2) is 18.7. The molecule has 0 radical (unpaired) electrons. The molecule has 4 aromatic rings. The van der Waals surface area contributed by atoms with Crippen molar-refractivity contribution in [2.45, 2.75) is 141 Å². The molecule has 3 aliphatic heterocycles. The first-order chi connectivity index (χ1) is 30.8. The molecule has 7 rings (SSSR count). The molecular formula is C49H60F2N6O8. The number of nitrogens with one attached hydrogen (secondary N) is 2. The highest BCUT2D eigenvalue weighted by Crippen LogP contribution is 2.45. The molecule has 0 spiro atoms. The van der Waals surface area contributed by atoms with Gasteiger partial charge in [-0.1, -0.05) is 12.2 Å². The number of hydrogen-bond acceptors (Lipinski definition) is 8. The first-order valence-corrected chi connectivity index (χ1v) is 22.4. The van der Waals surface area contributed by atoms with Gasteiger partial charge in [0.1, 0.15) is 34.9 Å². The van der Waals surface area contributed by atoms with Gasteiger partial charge >= 0.3 is 18.3 Å². The van der Waals surface area contributed by atoms with Crippen LogP contribution in [0.15, 0.2) is 61.7 Å². The molecule has 2 saturated heterocycles. The number of carbonyl (C=O) groups excluding carboxylic acids is 5. The van der Waals surface area contributed by atoms with Crippen LogP contribution >= 0.6 is 0 Å². The summed E-state index contributed by atoms with van der Waals surface area (Å²) in [5.74, 6) is -1.42. The number of carbonyl (C=O) groups is 5. The summed E-state index contributed by atoms with van der Waals surface area (Å²) in [5.41, 5.74) is 3.19. The first-order valence-electron chi connectivity index (χ1n) is 22.4. The topological polar surface area (TPSA) is 153 Å². The number of alkyl carbamates (subject to hydrolysis) is 2. The summed E-state index contributed by atoms with van der Waals surface area (Å²) >= 11 is 0. The zero-order valence-electron chi connectivity index (χ0n) is 38.1. The van der Waals surface area contributed by atoms with Crippen molar-refractivity contribution in [3.05, 3.63) is 84.5 Å². The van der Waals surface area contributed by atoms with Crippen LogP contribution in [0.3, 0.4) is 0 Å². The maximum absolute atomic E-state index is 15.2. The molecule has 0 bridgehead atoms. The number of aryl methyl sites for hydroxylation is 2. The van der Waals surface area contributed by atoms with E-state index in [9.17, 15) is 24.0 Å². The van der Waals surface area contributed by atoms with Crippen LogP contribution in [-0.4, -0.2) is 97.5 Å². The number of fused-ring (bicyclic) bond motifs is 7. The predicted octanol–water partition coefficient (Wildman–Crippen LogP) is 8.70. The molecule has 2 aromatic carbocycles. The summed E-state index contributed by atoms with van der Waals surface area (Å²) in [5, 5.41) is 6.94. The number of aromatic nitrogens is 2. The van der Waals surface area contributed by atoms with Gasteiger partial charge in [-0.3, -0.25) is 9.59 Å². The third kappa shape index (κ3) is 10.2. The predicted molar refractivity (Wildman–Crippen MR) is 242 cm³/mol. The van der Waals surface area contributed by atoms with Crippen molar-refractivity contribution in [1.29, 1.82) is 0 Å². The minimum Gasteiger partial charge on any atom is -0.444 e. The van der Waals surface area contributed by atoms with Gasteiger partial charge in [0.15, 0.2) is 0 Å². The van der Waals surface area contributed by atoms with Gasteiger partial charge in [0.2, 0.25) is 11.8 Å². The lowest BCUT2D eigenvalue weighted by molar-refractivity contribution is -0.134. The fraction of sp³-hybridized carbons (Fsp3) is 0.490. The van der Waals surface area contributed by atoms with Crippen molar-refractivity contribution in [3.63, 3.8) is 0 Å². The highest BCUT2D eigenvalue weighted by atomic mass is 19.1. The van der Waals surface area contributed by atoms with Crippen molar-refractivity contribution >= 4 is 52.0 Å². The number of rotatable bonds is 12. The zero-order valence-corrected chi connectivity index (χ0v) is 38.1. The molecule has 3 aliphatic rings. The van der Waals surface area contributed by atoms with Gasteiger partial charge in [0, 0.05) is 49.0 Å². The minimum absolute atomic E-state index is 0.0709. The van der Waals surface area contributed by atoms with Gasteiger partial charge in [0.05, 0.1) is 22.4 Å². The van der Waals surface area contributed by atoms with Gasteiger partial charge in [-0.15, -0.1) is 13.2 Å². The fourth-order valence-electron chi connectivity index (χ4n) is 9.70. The van der Waals surface area contributed by atoms with Crippen LogP contribution in [0.1, 0.15) is 91.2 Å². The number of hydrogen-bond donors (Lipinski definition) is 2. The first kappa shape index (κ1) is 46.8. The summed E-state index contributed by atoms with van der Waals surface area (Å²) in [6, 6.07) is 6.88. The molecule has 2 N–H and O–H groups in total. The molecule has 2 aromatic heterocycles. The van der Waals surface area contributed by atoms with E-state index >= 15 is 8.78 Å². The SMILES string of the molecule is C=CC[C@H](NC(=O)OC(=O)OC(C)(C)C)C(=O)N1CCC[C@H]1Cc1c2n(c3cc(F)ccc13)CCn1c-2c(C[C@@H]2CCCN2C(=O)[C@H](CC=C)NC(=O)OC(C)(C)C)c2ccc(F)cc21. The molecule has 4 atom stereocenters. The number of benzene rings is 2. The van der Waals surface area contributed by atoms with Gasteiger partial charge in [-0.25, -0.2) is 23.2 Å². The molecule has 0 saturated carbocycles. The summed E-state index contributed by atoms with van der Waals surface area (Å²) in [6.07, 6.45) is 3.91. The molecule has 348 valence electrons. The second-order valence-electron chi connectivity index (χ2n) is 19.1. The molecule has 16 heteroatoms. The lowest BCUT2D eigenvalue weighted by Gasteiger charge is -2.31. The smallest absolute Gasteiger partial charge is 0.444 e. The largest absolute Gasteiger partial charge is 0.517 e. The van der Waals surface area contributed by atoms with Crippen LogP contribution in [-0.2, 0) is 49.7 Å². The zero-order chi connectivity index (χ0) is 47.0. The Bertz CT molecular complexity index is 2530. The summed E-state index contributed by atoms with van der Waals surface area (Å²) in [7, 11) is 0. The maximum Gasteiger partial charge on any atom is 0.517 e. The van der Waals surface area contributed by atoms with Crippen LogP contribution in [0.4, 0.5) is 23.2 Å². The Morgan fingerprint density at radius 1 is 0.677 bits per heavy atom. The lowest BCUT2D eigenvalue weighted by Crippen LogP contribution is -2.51. The van der Waals surface area contributed by atoms with E-state index < -0.39 is 53.3 Å². The van der Waals surface area contributed by atoms with E-state index in [0.717, 1.165) is 39.7 Å². The number of amides is 4. The van der Waals surface area contributed by atoms with E-state index in [2.05, 4.69) is 32.9 Å². The van der Waals surface area contributed by atoms with E-state index in [4.69, 9.17) is 14.2 Å². The van der Waals surface area contributed by atoms with Gasteiger partial charge in [-0.05, 0) is 140 Å². The normalized spacial score (nSPS) is 18.2. The number of nitrogens with zero attached hydrogens (tertiary/aromatic N) is 4. The van der Waals surface area contributed by atoms with E-state index in [1.807, 2.05) is 4.90 Å². The van der Waals surface area contributed by atoms with Crippen molar-refractivity contribution in [2.75, 3.05) is 13.1 Å². The van der Waals surface area contributed by atoms with Crippen LogP contribution in [0.25, 0.3) is 33.2 Å². The summed E-state index contributed by atoms with van der Waals surface area (Å²) in [4.78, 5) is 70.2. The molecule has 4 amide bonds. The van der Waals surface area contributed by atoms with Crippen LogP contribution in [0, 0.1) is 11.6 Å². The third-order valence-electron chi connectivity index (χ3n) is 12.2. The van der Waals surface area contributed by atoms with E-state index in [1.54, 1.807) is 64.7 Å². The van der Waals surface area contributed by atoms with Crippen molar-refractivity contribution in [3.8, 4) is 11.4 Å². The Balaban J connectivity index is 1.25. The Hall–Kier alpha value is -6.19. The highest BCUT2D eigenvalue weighted by Gasteiger charge is 2.40. The Morgan fingerprint density at radius 2 is 1.11 bits per heavy atom. The summed E-state index contributed by atoms with van der Waals surface area (Å²) < 4.78 is 50.0. The van der Waals surface area contributed by atoms with E-state index in [-0.39, 0.29) is 36.7 Å². The lowest BCUT2D eigenvalue weighted by atomic mass is 9.94. The van der Waals surface area contributed by atoms with E-state index in [1.165, 1.54) is 30.3 Å². The molecule has 0 aliphatic carbocycles. The van der Waals surface area contributed by atoms with E-state index in [0.29, 0.717) is 69.3 Å². The molecule has 0 unspecified atom stereocenters. The maximum atomic E-state index is 15.2. The minimum atomic E-state index is -1.19. The van der Waals surface area contributed by atoms with Crippen molar-refractivity contribution in [2.24, 2.45) is 0 Å². The number of likely N-dealkylation sites (tertiary alicyclic amines) is 2. The molecule has 5 heterocycles. The van der Waals surface area contributed by atoms with Crippen molar-refractivity contribution in [1.82, 2.24) is 29.6 Å². The van der Waals surface area contributed by atoms with Gasteiger partial charge < -0.3 is 43.8 Å². The molecule has 14 nitrogen and oxygen atoms in total. The Kier molecular flexibility index (Phi) is 13.5. The van der Waals surface area contributed by atoms with Gasteiger partial charge in [0.25, 0.3) is 0 Å². The Labute approximate surface area is 377 Å². The number of ether oxygens (including phenoxy) is 3. The average molecular weight is 899 g/mol. The van der Waals surface area contributed by atoms with Crippen LogP contribution < -0.4 is 10.6 Å². The summed E-state index contributed by atoms with van der Waals surface area (Å²) in [6.45, 7) is 19.6. The fourth-order valence-corrected chi connectivity index (χ4v) is 9.70. The second-order valence-corrected chi connectivity index (χ2v) is 19.1. The van der Waals surface area contributed by atoms with Crippen molar-refractivity contribution < 1.29 is 47.0 Å². The standard InChI is InChI=1S/C49H60F2N6O8/c1-9-13-37(52-45(60)63-47(62)65-49(6,7)8)43(58)54-21-11-15-31(54)27-35-33-19-17-29(50)25-39(33)56-23-24-57-40-26-30(51)18-20-34(40)36(42(57)41(35)56)28-32-16-12-22-55(32)44(59)38(14-10-2)53-46(61)64-48(3,4)5/h9-10,17-20,25-26,31-32,37-38H,1-2,11-16,21-24,27-28H2,3-8H3,(H,52,60)(H,53,61)/t31-,32-,37-,38-/m0/s1. The van der Waals surface area contributed by atoms with Crippen LogP contribution in [0.2, 0.25) is 0 Å². The molecular weight excluding hydrogens is 839 g/mol. The van der Waals surface area contributed by atoms with Gasteiger partial charge in [-0.2, -0.15) is 0 Å².